The number of ether oxygens (including phenoxy) is 1. The first-order chi connectivity index (χ1) is 2.91. The molecule has 1 nitrogen and oxygen atoms in total. The number of rotatable bonds is 2. The lowest BCUT2D eigenvalue weighted by Crippen LogP contribution is -1.64. The molecule has 0 radical (unpaired) electrons. The van der Waals surface area contributed by atoms with Gasteiger partial charge in [-0.1, -0.05) is 0 Å². The minimum atomic E-state index is -0.451. The second-order valence-electron chi connectivity index (χ2n) is 0.762. The molecule has 0 spiro atoms. The molecule has 0 aliphatic rings. The second-order valence-corrected chi connectivity index (χ2v) is 0.762. The van der Waals surface area contributed by atoms with E-state index in [1.165, 1.54) is 19.4 Å². The minimum absolute atomic E-state index is 0.451. The van der Waals surface area contributed by atoms with Gasteiger partial charge in [-0.25, -0.2) is 4.39 Å². The predicted octanol–water partition coefficient (Wildman–Crippen LogP) is 1.12. The Bertz CT molecular complexity index is 36.8. The monoisotopic (exact) mass is 90.0 g/mol. The summed E-state index contributed by atoms with van der Waals surface area (Å²) < 4.78 is 15.4. The number of halogens is 1. The fourth-order valence-corrected chi connectivity index (χ4v) is 0.133. The van der Waals surface area contributed by atoms with Gasteiger partial charge in [0.1, 0.15) is 6.67 Å². The molecule has 2 heteroatoms. The molecule has 0 N–H and O–H groups in total. The zero-order valence-corrected chi connectivity index (χ0v) is 3.65. The first-order valence-electron chi connectivity index (χ1n) is 1.65. The standard InChI is InChI=1S/C4H7FO/c1-6-4-2-3-5/h2,4H,3H2,1H3/b4-2-. The fourth-order valence-electron chi connectivity index (χ4n) is 0.133. The third kappa shape index (κ3) is 3.47. The number of hydrogen-bond acceptors (Lipinski definition) is 1. The summed E-state index contributed by atoms with van der Waals surface area (Å²) in [6.45, 7) is -0.451. The number of methoxy groups -OCH3 is 1. The Morgan fingerprint density at radius 1 is 1.83 bits per heavy atom. The van der Waals surface area contributed by atoms with E-state index in [9.17, 15) is 4.39 Å². The molecule has 0 aromatic heterocycles. The molecule has 36 valence electrons. The van der Waals surface area contributed by atoms with Crippen LogP contribution in [0, 0.1) is 0 Å². The smallest absolute Gasteiger partial charge is 0.111 e. The van der Waals surface area contributed by atoms with E-state index in [0.717, 1.165) is 0 Å². The minimum Gasteiger partial charge on any atom is -0.505 e. The maximum absolute atomic E-state index is 11.0. The first kappa shape index (κ1) is 5.47. The number of allylic oxidation sites excluding steroid dienone is 1. The molecule has 0 atom stereocenters. The quantitative estimate of drug-likeness (QED) is 0.461. The van der Waals surface area contributed by atoms with Gasteiger partial charge in [-0.2, -0.15) is 0 Å². The third-order valence-electron chi connectivity index (χ3n) is 0.321. The summed E-state index contributed by atoms with van der Waals surface area (Å²) in [6, 6.07) is 0. The van der Waals surface area contributed by atoms with E-state index in [1.54, 1.807) is 0 Å². The van der Waals surface area contributed by atoms with Crippen LogP contribution < -0.4 is 0 Å². The van der Waals surface area contributed by atoms with Crippen LogP contribution in [0.5, 0.6) is 0 Å². The molecule has 0 fully saturated rings. The van der Waals surface area contributed by atoms with E-state index in [4.69, 9.17) is 0 Å². The molecule has 0 heterocycles. The van der Waals surface area contributed by atoms with Crippen LogP contribution in [-0.4, -0.2) is 13.8 Å². The maximum Gasteiger partial charge on any atom is 0.111 e. The van der Waals surface area contributed by atoms with Crippen molar-refractivity contribution in [3.05, 3.63) is 12.3 Å². The number of alkyl halides is 1. The van der Waals surface area contributed by atoms with E-state index in [-0.39, 0.29) is 0 Å². The van der Waals surface area contributed by atoms with Gasteiger partial charge in [-0.05, 0) is 6.08 Å². The normalized spacial score (nSPS) is 9.67. The summed E-state index contributed by atoms with van der Waals surface area (Å²) in [5.74, 6) is 0. The molecule has 0 aromatic carbocycles. The molecule has 0 saturated heterocycles. The van der Waals surface area contributed by atoms with Crippen molar-refractivity contribution >= 4 is 0 Å². The lowest BCUT2D eigenvalue weighted by atomic mass is 10.7. The summed E-state index contributed by atoms with van der Waals surface area (Å²) in [4.78, 5) is 0. The van der Waals surface area contributed by atoms with Crippen molar-refractivity contribution in [1.29, 1.82) is 0 Å². The predicted molar refractivity (Wildman–Crippen MR) is 22.1 cm³/mol. The molecule has 6 heavy (non-hydrogen) atoms. The van der Waals surface area contributed by atoms with Crippen LogP contribution in [0.15, 0.2) is 12.3 Å². The summed E-state index contributed by atoms with van der Waals surface area (Å²) in [5.41, 5.74) is 0. The molecule has 0 rings (SSSR count). The summed E-state index contributed by atoms with van der Waals surface area (Å²) in [6.07, 6.45) is 2.60. The van der Waals surface area contributed by atoms with Gasteiger partial charge in [0.25, 0.3) is 0 Å². The van der Waals surface area contributed by atoms with Crippen molar-refractivity contribution in [2.45, 2.75) is 0 Å². The Morgan fingerprint density at radius 3 is 2.67 bits per heavy atom. The van der Waals surface area contributed by atoms with Gasteiger partial charge in [0.15, 0.2) is 0 Å². The lowest BCUT2D eigenvalue weighted by Gasteiger charge is -1.78. The molecule has 0 aliphatic carbocycles. The van der Waals surface area contributed by atoms with Crippen LogP contribution >= 0.6 is 0 Å². The SMILES string of the molecule is CO/C=C\CF. The molecular weight excluding hydrogens is 83.0 g/mol. The van der Waals surface area contributed by atoms with Crippen molar-refractivity contribution in [2.75, 3.05) is 13.8 Å². The molecule has 0 bridgehead atoms. The van der Waals surface area contributed by atoms with Crippen molar-refractivity contribution in [3.63, 3.8) is 0 Å². The Hall–Kier alpha value is -0.530. The van der Waals surface area contributed by atoms with Gasteiger partial charge in [-0.15, -0.1) is 0 Å². The molecule has 0 saturated carbocycles. The zero-order valence-electron chi connectivity index (χ0n) is 3.65. The van der Waals surface area contributed by atoms with Crippen LogP contribution in [0.3, 0.4) is 0 Å². The first-order valence-corrected chi connectivity index (χ1v) is 1.65. The fraction of sp³-hybridized carbons (Fsp3) is 0.500. The topological polar surface area (TPSA) is 9.23 Å². The molecule has 0 aliphatic heterocycles. The summed E-state index contributed by atoms with van der Waals surface area (Å²) >= 11 is 0. The Labute approximate surface area is 36.4 Å². The average Bonchev–Trinajstić information content (AvgIpc) is 1.61. The molecule has 0 aromatic rings. The molecule has 0 amide bonds. The average molecular weight is 90.1 g/mol. The van der Waals surface area contributed by atoms with E-state index in [2.05, 4.69) is 4.74 Å². The Morgan fingerprint density at radius 2 is 2.50 bits per heavy atom. The highest BCUT2D eigenvalue weighted by Gasteiger charge is 1.61. The van der Waals surface area contributed by atoms with Crippen molar-refractivity contribution in [3.8, 4) is 0 Å². The van der Waals surface area contributed by atoms with Gasteiger partial charge in [-0.3, -0.25) is 0 Å². The highest BCUT2D eigenvalue weighted by molar-refractivity contribution is 4.70. The van der Waals surface area contributed by atoms with Gasteiger partial charge in [0, 0.05) is 0 Å². The molecular formula is C4H7FO. The Balaban J connectivity index is 2.73. The van der Waals surface area contributed by atoms with Gasteiger partial charge >= 0.3 is 0 Å². The van der Waals surface area contributed by atoms with Crippen LogP contribution in [0.2, 0.25) is 0 Å². The van der Waals surface area contributed by atoms with Crippen molar-refractivity contribution in [2.24, 2.45) is 0 Å². The van der Waals surface area contributed by atoms with Gasteiger partial charge in [0.2, 0.25) is 0 Å². The maximum atomic E-state index is 11.0. The van der Waals surface area contributed by atoms with Crippen LogP contribution in [-0.2, 0) is 4.74 Å². The summed E-state index contributed by atoms with van der Waals surface area (Å²) in [5, 5.41) is 0. The summed E-state index contributed by atoms with van der Waals surface area (Å²) in [7, 11) is 1.48. The van der Waals surface area contributed by atoms with Crippen LogP contribution in [0.4, 0.5) is 4.39 Å². The largest absolute Gasteiger partial charge is 0.505 e. The molecule has 0 unspecified atom stereocenters. The van der Waals surface area contributed by atoms with Crippen LogP contribution in [0.1, 0.15) is 0 Å². The highest BCUT2D eigenvalue weighted by atomic mass is 19.1. The van der Waals surface area contributed by atoms with E-state index < -0.39 is 6.67 Å². The van der Waals surface area contributed by atoms with Gasteiger partial charge < -0.3 is 4.74 Å². The Kier molecular flexibility index (Phi) is 4.08. The van der Waals surface area contributed by atoms with Gasteiger partial charge in [0.05, 0.1) is 13.4 Å². The highest BCUT2D eigenvalue weighted by Crippen LogP contribution is 1.71. The van der Waals surface area contributed by atoms with Crippen molar-refractivity contribution in [1.82, 2.24) is 0 Å². The third-order valence-corrected chi connectivity index (χ3v) is 0.321. The van der Waals surface area contributed by atoms with E-state index >= 15 is 0 Å². The van der Waals surface area contributed by atoms with Crippen LogP contribution in [0.25, 0.3) is 0 Å². The number of hydrogen-bond donors (Lipinski definition) is 0. The zero-order chi connectivity index (χ0) is 4.83. The van der Waals surface area contributed by atoms with E-state index in [1.807, 2.05) is 0 Å². The van der Waals surface area contributed by atoms with Crippen molar-refractivity contribution < 1.29 is 9.13 Å². The van der Waals surface area contributed by atoms with E-state index in [0.29, 0.717) is 0 Å². The lowest BCUT2D eigenvalue weighted by molar-refractivity contribution is 0.334. The second kappa shape index (κ2) is 4.47.